The molecule has 1 N–H and O–H groups in total. The Balaban J connectivity index is 1.26. The zero-order valence-corrected chi connectivity index (χ0v) is 21.0. The lowest BCUT2D eigenvalue weighted by atomic mass is 10.2. The van der Waals surface area contributed by atoms with Gasteiger partial charge in [0.15, 0.2) is 5.65 Å². The number of nitrogens with one attached hydrogen (secondary N) is 1. The summed E-state index contributed by atoms with van der Waals surface area (Å²) >= 11 is 0. The van der Waals surface area contributed by atoms with Crippen LogP contribution in [0.2, 0.25) is 0 Å². The molecule has 0 saturated carbocycles. The molecule has 0 spiro atoms. The van der Waals surface area contributed by atoms with Crippen LogP contribution in [0.15, 0.2) is 77.7 Å². The number of anilines is 3. The van der Waals surface area contributed by atoms with E-state index >= 15 is 0 Å². The van der Waals surface area contributed by atoms with Gasteiger partial charge in [-0.2, -0.15) is 4.98 Å². The maximum atomic E-state index is 12.7. The normalized spacial score (nSPS) is 14.5. The number of fused-ring (bicyclic) bond motifs is 1. The molecule has 0 bridgehead atoms. The van der Waals surface area contributed by atoms with Crippen molar-refractivity contribution in [1.29, 1.82) is 0 Å². The Kier molecular flexibility index (Phi) is 7.25. The molecule has 2 aromatic heterocycles. The minimum absolute atomic E-state index is 0.125. The molecule has 186 valence electrons. The quantitative estimate of drug-likeness (QED) is 0.411. The molecule has 36 heavy (non-hydrogen) atoms. The number of hydrogen-bond acceptors (Lipinski definition) is 7. The van der Waals surface area contributed by atoms with E-state index in [1.807, 2.05) is 30.3 Å². The molecule has 0 radical (unpaired) electrons. The summed E-state index contributed by atoms with van der Waals surface area (Å²) in [4.78, 5) is 29.1. The lowest BCUT2D eigenvalue weighted by Gasteiger charge is -2.36. The molecular formula is C28H33N7O. The van der Waals surface area contributed by atoms with Crippen LogP contribution in [0.3, 0.4) is 0 Å². The van der Waals surface area contributed by atoms with Crippen LogP contribution in [0.4, 0.5) is 17.3 Å². The number of benzene rings is 2. The number of hydrogen-bond donors (Lipinski definition) is 1. The highest BCUT2D eigenvalue weighted by molar-refractivity contribution is 5.77. The van der Waals surface area contributed by atoms with Gasteiger partial charge in [0, 0.05) is 55.2 Å². The highest BCUT2D eigenvalue weighted by Gasteiger charge is 2.17. The molecule has 8 heteroatoms. The molecule has 1 aliphatic heterocycles. The third-order valence-corrected chi connectivity index (χ3v) is 6.59. The molecule has 0 unspecified atom stereocenters. The third-order valence-electron chi connectivity index (χ3n) is 6.59. The van der Waals surface area contributed by atoms with Crippen molar-refractivity contribution in [3.8, 4) is 5.69 Å². The van der Waals surface area contributed by atoms with Gasteiger partial charge in [0.2, 0.25) is 5.95 Å². The first-order chi connectivity index (χ1) is 17.6. The van der Waals surface area contributed by atoms with Crippen LogP contribution < -0.4 is 15.8 Å². The molecule has 2 aromatic carbocycles. The van der Waals surface area contributed by atoms with Gasteiger partial charge in [-0.25, -0.2) is 4.98 Å². The van der Waals surface area contributed by atoms with Crippen LogP contribution in [0.1, 0.15) is 6.42 Å². The summed E-state index contributed by atoms with van der Waals surface area (Å²) in [5.74, 6) is 0.455. The standard InChI is InChI=1S/C28H33N7O/c1-32(2)15-6-16-33-17-19-34(20-18-33)24-12-10-23(11-13-24)30-28-29-21-22-9-14-26(36)35(27(22)31-28)25-7-4-3-5-8-25/h3-5,7-14,21H,6,15-20H2,1-2H3,(H,29,30,31). The number of rotatable bonds is 8. The molecule has 4 aromatic rings. The van der Waals surface area contributed by atoms with Crippen LogP contribution in [0.5, 0.6) is 0 Å². The van der Waals surface area contributed by atoms with Gasteiger partial charge < -0.3 is 15.1 Å². The van der Waals surface area contributed by atoms with E-state index in [0.717, 1.165) is 49.5 Å². The fourth-order valence-electron chi connectivity index (χ4n) is 4.63. The molecule has 5 rings (SSSR count). The van der Waals surface area contributed by atoms with Gasteiger partial charge in [0.05, 0.1) is 5.69 Å². The Morgan fingerprint density at radius 2 is 1.64 bits per heavy atom. The molecule has 0 atom stereocenters. The average molecular weight is 484 g/mol. The number of pyridine rings is 1. The predicted molar refractivity (Wildman–Crippen MR) is 147 cm³/mol. The molecule has 1 aliphatic rings. The SMILES string of the molecule is CN(C)CCCN1CCN(c2ccc(Nc3ncc4ccc(=O)n(-c5ccccc5)c4n3)cc2)CC1. The van der Waals surface area contributed by atoms with Gasteiger partial charge >= 0.3 is 0 Å². The van der Waals surface area contributed by atoms with Crippen molar-refractivity contribution in [2.75, 3.05) is 63.6 Å². The summed E-state index contributed by atoms with van der Waals surface area (Å²) < 4.78 is 1.62. The highest BCUT2D eigenvalue weighted by Crippen LogP contribution is 2.22. The minimum atomic E-state index is -0.125. The number of para-hydroxylation sites is 1. The van der Waals surface area contributed by atoms with E-state index < -0.39 is 0 Å². The molecule has 8 nitrogen and oxygen atoms in total. The highest BCUT2D eigenvalue weighted by atomic mass is 16.1. The Bertz CT molecular complexity index is 1340. The summed E-state index contributed by atoms with van der Waals surface area (Å²) in [6.07, 6.45) is 2.96. The average Bonchev–Trinajstić information content (AvgIpc) is 2.90. The van der Waals surface area contributed by atoms with E-state index in [4.69, 9.17) is 0 Å². The fourth-order valence-corrected chi connectivity index (χ4v) is 4.63. The second-order valence-corrected chi connectivity index (χ2v) is 9.47. The van der Waals surface area contributed by atoms with Crippen molar-refractivity contribution in [1.82, 2.24) is 24.3 Å². The minimum Gasteiger partial charge on any atom is -0.369 e. The Labute approximate surface area is 211 Å². The van der Waals surface area contributed by atoms with Crippen LogP contribution >= 0.6 is 0 Å². The summed E-state index contributed by atoms with van der Waals surface area (Å²) in [7, 11) is 4.26. The van der Waals surface area contributed by atoms with E-state index in [1.54, 1.807) is 22.9 Å². The van der Waals surface area contributed by atoms with Crippen molar-refractivity contribution in [3.63, 3.8) is 0 Å². The lowest BCUT2D eigenvalue weighted by molar-refractivity contribution is 0.242. The Morgan fingerprint density at radius 1 is 0.889 bits per heavy atom. The van der Waals surface area contributed by atoms with Crippen molar-refractivity contribution in [3.05, 3.63) is 83.3 Å². The van der Waals surface area contributed by atoms with Gasteiger partial charge in [-0.3, -0.25) is 14.3 Å². The van der Waals surface area contributed by atoms with E-state index in [1.165, 1.54) is 18.7 Å². The van der Waals surface area contributed by atoms with Crippen molar-refractivity contribution < 1.29 is 0 Å². The van der Waals surface area contributed by atoms with Crippen molar-refractivity contribution in [2.45, 2.75) is 6.42 Å². The van der Waals surface area contributed by atoms with E-state index in [9.17, 15) is 4.79 Å². The smallest absolute Gasteiger partial charge is 0.256 e. The van der Waals surface area contributed by atoms with Gasteiger partial charge in [0.1, 0.15) is 0 Å². The van der Waals surface area contributed by atoms with Crippen LogP contribution in [0, 0.1) is 0 Å². The maximum absolute atomic E-state index is 12.7. The summed E-state index contributed by atoms with van der Waals surface area (Å²) in [5.41, 5.74) is 3.36. The lowest BCUT2D eigenvalue weighted by Crippen LogP contribution is -2.46. The molecule has 3 heterocycles. The fraction of sp³-hybridized carbons (Fsp3) is 0.321. The third kappa shape index (κ3) is 5.56. The topological polar surface area (TPSA) is 69.5 Å². The van der Waals surface area contributed by atoms with E-state index in [-0.39, 0.29) is 5.56 Å². The molecule has 1 fully saturated rings. The first kappa shape index (κ1) is 24.0. The predicted octanol–water partition coefficient (Wildman–Crippen LogP) is 3.60. The Morgan fingerprint density at radius 3 is 2.36 bits per heavy atom. The van der Waals surface area contributed by atoms with Crippen molar-refractivity contribution >= 4 is 28.4 Å². The second-order valence-electron chi connectivity index (χ2n) is 9.47. The second kappa shape index (κ2) is 10.9. The van der Waals surface area contributed by atoms with Gasteiger partial charge in [-0.15, -0.1) is 0 Å². The molecule has 0 amide bonds. The molecule has 0 aliphatic carbocycles. The summed E-state index contributed by atoms with van der Waals surface area (Å²) in [6, 6.07) is 21.3. The first-order valence-corrected chi connectivity index (χ1v) is 12.5. The van der Waals surface area contributed by atoms with E-state index in [2.05, 4.69) is 68.3 Å². The number of nitrogens with zero attached hydrogens (tertiary/aromatic N) is 6. The van der Waals surface area contributed by atoms with Crippen LogP contribution in [-0.2, 0) is 0 Å². The summed E-state index contributed by atoms with van der Waals surface area (Å²) in [5, 5.41) is 4.10. The monoisotopic (exact) mass is 483 g/mol. The number of piperazine rings is 1. The molecular weight excluding hydrogens is 450 g/mol. The summed E-state index contributed by atoms with van der Waals surface area (Å²) in [6.45, 7) is 6.58. The van der Waals surface area contributed by atoms with Gasteiger partial charge in [-0.05, 0) is 76.1 Å². The zero-order chi connectivity index (χ0) is 24.9. The maximum Gasteiger partial charge on any atom is 0.256 e. The Hall–Kier alpha value is -3.75. The molecule has 1 saturated heterocycles. The van der Waals surface area contributed by atoms with Crippen LogP contribution in [-0.4, -0.2) is 77.7 Å². The van der Waals surface area contributed by atoms with Gasteiger partial charge in [0.25, 0.3) is 5.56 Å². The van der Waals surface area contributed by atoms with E-state index in [0.29, 0.717) is 11.6 Å². The van der Waals surface area contributed by atoms with Crippen LogP contribution in [0.25, 0.3) is 16.7 Å². The van der Waals surface area contributed by atoms with Crippen molar-refractivity contribution in [2.24, 2.45) is 0 Å². The first-order valence-electron chi connectivity index (χ1n) is 12.5. The number of aromatic nitrogens is 3. The zero-order valence-electron chi connectivity index (χ0n) is 21.0. The largest absolute Gasteiger partial charge is 0.369 e. The van der Waals surface area contributed by atoms with Gasteiger partial charge in [-0.1, -0.05) is 18.2 Å².